The van der Waals surface area contributed by atoms with Crippen LogP contribution in [0.25, 0.3) is 0 Å². The third-order valence-electron chi connectivity index (χ3n) is 3.34. The monoisotopic (exact) mass is 246 g/mol. The minimum absolute atomic E-state index is 0.193. The number of Topliss-reactive ketones (excluding diaryl/α,β-unsaturated/α-hetero) is 1. The lowest BCUT2D eigenvalue weighted by Gasteiger charge is -2.05. The molecule has 0 saturated heterocycles. The zero-order valence-corrected chi connectivity index (χ0v) is 12.0. The Bertz CT molecular complexity index is 348. The number of ketones is 1. The standard InChI is InChI=1S/C17H26O/c1-4-7-15-10-12-16(13-11-15)8-5-6-9-17(18)14(2)3/h10-14H,4-9H2,1-3H3. The lowest BCUT2D eigenvalue weighted by Crippen LogP contribution is -2.06. The number of hydrogen-bond acceptors (Lipinski definition) is 1. The molecule has 0 amide bonds. The number of rotatable bonds is 8. The summed E-state index contributed by atoms with van der Waals surface area (Å²) in [4.78, 5) is 11.5. The topological polar surface area (TPSA) is 17.1 Å². The van der Waals surface area contributed by atoms with Crippen LogP contribution < -0.4 is 0 Å². The van der Waals surface area contributed by atoms with Crippen LogP contribution >= 0.6 is 0 Å². The first kappa shape index (κ1) is 14.9. The molecule has 0 unspecified atom stereocenters. The summed E-state index contributed by atoms with van der Waals surface area (Å²) in [6.07, 6.45) is 6.35. The van der Waals surface area contributed by atoms with E-state index in [2.05, 4.69) is 31.2 Å². The van der Waals surface area contributed by atoms with Crippen molar-refractivity contribution in [1.29, 1.82) is 0 Å². The van der Waals surface area contributed by atoms with Crippen LogP contribution in [0.15, 0.2) is 24.3 Å². The van der Waals surface area contributed by atoms with Gasteiger partial charge in [-0.1, -0.05) is 51.5 Å². The van der Waals surface area contributed by atoms with Gasteiger partial charge in [-0.3, -0.25) is 4.79 Å². The molecule has 1 rings (SSSR count). The van der Waals surface area contributed by atoms with E-state index < -0.39 is 0 Å². The quantitative estimate of drug-likeness (QED) is 0.614. The van der Waals surface area contributed by atoms with Crippen LogP contribution in [0.4, 0.5) is 0 Å². The molecule has 100 valence electrons. The molecule has 0 radical (unpaired) electrons. The van der Waals surface area contributed by atoms with Gasteiger partial charge in [0.2, 0.25) is 0 Å². The Morgan fingerprint density at radius 3 is 2.06 bits per heavy atom. The van der Waals surface area contributed by atoms with Crippen LogP contribution in [0.3, 0.4) is 0 Å². The first-order valence-corrected chi connectivity index (χ1v) is 7.24. The largest absolute Gasteiger partial charge is 0.299 e. The molecule has 0 atom stereocenters. The molecular formula is C17H26O. The second kappa shape index (κ2) is 8.07. The average Bonchev–Trinajstić information content (AvgIpc) is 2.36. The van der Waals surface area contributed by atoms with E-state index in [1.54, 1.807) is 0 Å². The zero-order chi connectivity index (χ0) is 13.4. The van der Waals surface area contributed by atoms with Gasteiger partial charge >= 0.3 is 0 Å². The van der Waals surface area contributed by atoms with E-state index in [4.69, 9.17) is 0 Å². The second-order valence-electron chi connectivity index (χ2n) is 5.39. The fourth-order valence-corrected chi connectivity index (χ4v) is 2.08. The summed E-state index contributed by atoms with van der Waals surface area (Å²) in [6.45, 7) is 6.17. The highest BCUT2D eigenvalue weighted by Gasteiger charge is 2.06. The molecule has 0 bridgehead atoms. The van der Waals surface area contributed by atoms with Crippen LogP contribution in [0, 0.1) is 5.92 Å². The Morgan fingerprint density at radius 2 is 1.56 bits per heavy atom. The summed E-state index contributed by atoms with van der Waals surface area (Å²) >= 11 is 0. The van der Waals surface area contributed by atoms with Gasteiger partial charge in [0.15, 0.2) is 0 Å². The maximum absolute atomic E-state index is 11.5. The summed E-state index contributed by atoms with van der Waals surface area (Å²) in [5.74, 6) is 0.589. The normalized spacial score (nSPS) is 10.9. The van der Waals surface area contributed by atoms with Crippen molar-refractivity contribution in [2.45, 2.75) is 59.3 Å². The molecule has 0 aliphatic heterocycles. The van der Waals surface area contributed by atoms with Gasteiger partial charge in [-0.05, 0) is 36.8 Å². The summed E-state index contributed by atoms with van der Waals surface area (Å²) in [7, 11) is 0. The van der Waals surface area contributed by atoms with Gasteiger partial charge in [-0.2, -0.15) is 0 Å². The predicted octanol–water partition coefficient (Wildman–Crippen LogP) is 4.58. The molecule has 1 nitrogen and oxygen atoms in total. The molecule has 1 aromatic rings. The van der Waals surface area contributed by atoms with Crippen molar-refractivity contribution in [2.75, 3.05) is 0 Å². The summed E-state index contributed by atoms with van der Waals surface area (Å²) in [6, 6.07) is 8.93. The van der Waals surface area contributed by atoms with E-state index in [9.17, 15) is 4.79 Å². The van der Waals surface area contributed by atoms with Crippen molar-refractivity contribution in [3.05, 3.63) is 35.4 Å². The maximum Gasteiger partial charge on any atom is 0.135 e. The van der Waals surface area contributed by atoms with Crippen LogP contribution in [-0.4, -0.2) is 5.78 Å². The van der Waals surface area contributed by atoms with Crippen LogP contribution in [0.5, 0.6) is 0 Å². The van der Waals surface area contributed by atoms with Crippen molar-refractivity contribution in [2.24, 2.45) is 5.92 Å². The Labute approximate surface area is 112 Å². The molecule has 0 N–H and O–H groups in total. The minimum Gasteiger partial charge on any atom is -0.299 e. The van der Waals surface area contributed by atoms with Crippen molar-refractivity contribution < 1.29 is 4.79 Å². The number of aryl methyl sites for hydroxylation is 2. The van der Waals surface area contributed by atoms with Crippen LogP contribution in [0.1, 0.15) is 57.6 Å². The van der Waals surface area contributed by atoms with E-state index in [0.717, 1.165) is 25.7 Å². The van der Waals surface area contributed by atoms with E-state index in [0.29, 0.717) is 5.78 Å². The molecule has 0 aliphatic rings. The van der Waals surface area contributed by atoms with Gasteiger partial charge in [0, 0.05) is 12.3 Å². The molecular weight excluding hydrogens is 220 g/mol. The van der Waals surface area contributed by atoms with Crippen molar-refractivity contribution >= 4 is 5.78 Å². The highest BCUT2D eigenvalue weighted by Crippen LogP contribution is 2.11. The van der Waals surface area contributed by atoms with E-state index >= 15 is 0 Å². The Kier molecular flexibility index (Phi) is 6.70. The van der Waals surface area contributed by atoms with Gasteiger partial charge < -0.3 is 0 Å². The number of unbranched alkanes of at least 4 members (excludes halogenated alkanes) is 1. The van der Waals surface area contributed by atoms with Gasteiger partial charge in [-0.25, -0.2) is 0 Å². The molecule has 0 aromatic heterocycles. The lowest BCUT2D eigenvalue weighted by atomic mass is 10.00. The van der Waals surface area contributed by atoms with Crippen molar-refractivity contribution in [1.82, 2.24) is 0 Å². The minimum atomic E-state index is 0.193. The number of hydrogen-bond donors (Lipinski definition) is 0. The molecule has 0 spiro atoms. The zero-order valence-electron chi connectivity index (χ0n) is 12.0. The van der Waals surface area contributed by atoms with Crippen LogP contribution in [0.2, 0.25) is 0 Å². The second-order valence-corrected chi connectivity index (χ2v) is 5.39. The molecule has 0 heterocycles. The van der Waals surface area contributed by atoms with Gasteiger partial charge in [0.25, 0.3) is 0 Å². The molecule has 0 saturated carbocycles. The summed E-state index contributed by atoms with van der Waals surface area (Å²) in [5, 5.41) is 0. The lowest BCUT2D eigenvalue weighted by molar-refractivity contribution is -0.122. The highest BCUT2D eigenvalue weighted by molar-refractivity contribution is 5.80. The maximum atomic E-state index is 11.5. The molecule has 0 fully saturated rings. The SMILES string of the molecule is CCCc1ccc(CCCCC(=O)C(C)C)cc1. The van der Waals surface area contributed by atoms with Gasteiger partial charge in [0.1, 0.15) is 5.78 Å². The van der Waals surface area contributed by atoms with Crippen molar-refractivity contribution in [3.8, 4) is 0 Å². The average molecular weight is 246 g/mol. The van der Waals surface area contributed by atoms with E-state index in [-0.39, 0.29) is 5.92 Å². The predicted molar refractivity (Wildman–Crippen MR) is 77.8 cm³/mol. The van der Waals surface area contributed by atoms with E-state index in [1.807, 2.05) is 13.8 Å². The fourth-order valence-electron chi connectivity index (χ4n) is 2.08. The highest BCUT2D eigenvalue weighted by atomic mass is 16.1. The Balaban J connectivity index is 2.25. The fraction of sp³-hybridized carbons (Fsp3) is 0.588. The summed E-state index contributed by atoms with van der Waals surface area (Å²) in [5.41, 5.74) is 2.82. The molecule has 1 heteroatoms. The first-order valence-electron chi connectivity index (χ1n) is 7.24. The van der Waals surface area contributed by atoms with Gasteiger partial charge in [-0.15, -0.1) is 0 Å². The van der Waals surface area contributed by atoms with Gasteiger partial charge in [0.05, 0.1) is 0 Å². The smallest absolute Gasteiger partial charge is 0.135 e. The Morgan fingerprint density at radius 1 is 1.00 bits per heavy atom. The number of carbonyl (C=O) groups excluding carboxylic acids is 1. The third-order valence-corrected chi connectivity index (χ3v) is 3.34. The molecule has 18 heavy (non-hydrogen) atoms. The van der Waals surface area contributed by atoms with Crippen molar-refractivity contribution in [3.63, 3.8) is 0 Å². The number of carbonyl (C=O) groups is 1. The first-order chi connectivity index (χ1) is 8.63. The molecule has 1 aromatic carbocycles. The Hall–Kier alpha value is -1.11. The molecule has 0 aliphatic carbocycles. The van der Waals surface area contributed by atoms with Crippen LogP contribution in [-0.2, 0) is 17.6 Å². The number of benzene rings is 1. The summed E-state index contributed by atoms with van der Waals surface area (Å²) < 4.78 is 0. The third kappa shape index (κ3) is 5.48. The van der Waals surface area contributed by atoms with E-state index in [1.165, 1.54) is 24.0 Å².